The Morgan fingerprint density at radius 2 is 1.58 bits per heavy atom. The number of sulfone groups is 1. The van der Waals surface area contributed by atoms with Gasteiger partial charge in [0, 0.05) is 24.7 Å². The van der Waals surface area contributed by atoms with Crippen LogP contribution in [0.5, 0.6) is 0 Å². The molecule has 1 N–H and O–H groups in total. The Hall–Kier alpha value is -2.54. The molecule has 138 valence electrons. The highest BCUT2D eigenvalue weighted by molar-refractivity contribution is 7.90. The molecule has 0 saturated heterocycles. The molecule has 26 heavy (non-hydrogen) atoms. The van der Waals surface area contributed by atoms with Crippen LogP contribution >= 0.6 is 0 Å². The predicted octanol–water partition coefficient (Wildman–Crippen LogP) is 3.07. The molecule has 0 aromatic heterocycles. The van der Waals surface area contributed by atoms with Crippen LogP contribution in [0.15, 0.2) is 53.4 Å². The molecule has 0 radical (unpaired) electrons. The standard InChI is InChI=1S/C19H20FNO4S/c1-13(14-5-9-17(10-6-14)26(2,24)25)21-19(23)12-11-18(22)15-3-7-16(20)8-4-15/h3-10,13H,11-12H2,1-2H3,(H,21,23)/t13-/m1/s1. The molecule has 0 aliphatic heterocycles. The molecule has 0 heterocycles. The molecule has 2 aromatic rings. The van der Waals surface area contributed by atoms with Crippen LogP contribution in [-0.2, 0) is 14.6 Å². The van der Waals surface area contributed by atoms with Crippen molar-refractivity contribution >= 4 is 21.5 Å². The maximum atomic E-state index is 12.9. The topological polar surface area (TPSA) is 80.3 Å². The molecule has 0 unspecified atom stereocenters. The fraction of sp³-hybridized carbons (Fsp3) is 0.263. The number of benzene rings is 2. The number of carbonyl (C=O) groups excluding carboxylic acids is 2. The summed E-state index contributed by atoms with van der Waals surface area (Å²) in [5.74, 6) is -0.944. The number of Topliss-reactive ketones (excluding diaryl/α,β-unsaturated/α-hetero) is 1. The lowest BCUT2D eigenvalue weighted by atomic mass is 10.1. The zero-order valence-electron chi connectivity index (χ0n) is 14.5. The van der Waals surface area contributed by atoms with Crippen LogP contribution in [0.25, 0.3) is 0 Å². The van der Waals surface area contributed by atoms with Crippen molar-refractivity contribution in [3.63, 3.8) is 0 Å². The molecule has 0 aliphatic carbocycles. The van der Waals surface area contributed by atoms with Crippen LogP contribution < -0.4 is 5.32 Å². The van der Waals surface area contributed by atoms with Crippen molar-refractivity contribution in [2.24, 2.45) is 0 Å². The molecule has 0 fully saturated rings. The third kappa shape index (κ3) is 5.49. The van der Waals surface area contributed by atoms with Gasteiger partial charge < -0.3 is 5.32 Å². The summed E-state index contributed by atoms with van der Waals surface area (Å²) in [6.45, 7) is 1.77. The van der Waals surface area contributed by atoms with E-state index in [9.17, 15) is 22.4 Å². The minimum Gasteiger partial charge on any atom is -0.350 e. The average Bonchev–Trinajstić information content (AvgIpc) is 2.59. The van der Waals surface area contributed by atoms with Crippen LogP contribution in [0, 0.1) is 5.82 Å². The number of ketones is 1. The van der Waals surface area contributed by atoms with Crippen LogP contribution in [0.1, 0.15) is 41.7 Å². The number of hydrogen-bond donors (Lipinski definition) is 1. The Morgan fingerprint density at radius 3 is 2.12 bits per heavy atom. The highest BCUT2D eigenvalue weighted by Crippen LogP contribution is 2.16. The van der Waals surface area contributed by atoms with E-state index in [4.69, 9.17) is 0 Å². The summed E-state index contributed by atoms with van der Waals surface area (Å²) in [5.41, 5.74) is 1.12. The zero-order chi connectivity index (χ0) is 19.3. The maximum absolute atomic E-state index is 12.9. The van der Waals surface area contributed by atoms with Gasteiger partial charge in [0.15, 0.2) is 15.6 Å². The molecule has 0 saturated carbocycles. The quantitative estimate of drug-likeness (QED) is 0.752. The fourth-order valence-electron chi connectivity index (χ4n) is 2.41. The van der Waals surface area contributed by atoms with Crippen LogP contribution in [-0.4, -0.2) is 26.4 Å². The first-order chi connectivity index (χ1) is 12.2. The minimum absolute atomic E-state index is 0.0158. The number of halogens is 1. The van der Waals surface area contributed by atoms with Crippen molar-refractivity contribution in [1.29, 1.82) is 0 Å². The molecular weight excluding hydrogens is 357 g/mol. The Bertz CT molecular complexity index is 890. The summed E-state index contributed by atoms with van der Waals surface area (Å²) in [5, 5.41) is 2.77. The smallest absolute Gasteiger partial charge is 0.220 e. The lowest BCUT2D eigenvalue weighted by Gasteiger charge is -2.14. The largest absolute Gasteiger partial charge is 0.350 e. The first kappa shape index (κ1) is 19.8. The number of rotatable bonds is 7. The molecule has 0 bridgehead atoms. The van der Waals surface area contributed by atoms with Gasteiger partial charge in [-0.2, -0.15) is 0 Å². The molecule has 1 atom stereocenters. The lowest BCUT2D eigenvalue weighted by molar-refractivity contribution is -0.121. The van der Waals surface area contributed by atoms with E-state index < -0.39 is 15.7 Å². The Kier molecular flexibility index (Phi) is 6.26. The van der Waals surface area contributed by atoms with E-state index in [1.165, 1.54) is 36.4 Å². The second-order valence-corrected chi connectivity index (χ2v) is 8.08. The van der Waals surface area contributed by atoms with Gasteiger partial charge >= 0.3 is 0 Å². The molecule has 7 heteroatoms. The summed E-state index contributed by atoms with van der Waals surface area (Å²) in [6, 6.07) is 11.1. The third-order valence-electron chi connectivity index (χ3n) is 3.93. The zero-order valence-corrected chi connectivity index (χ0v) is 15.3. The van der Waals surface area contributed by atoms with Crippen molar-refractivity contribution < 1.29 is 22.4 Å². The monoisotopic (exact) mass is 377 g/mol. The average molecular weight is 377 g/mol. The van der Waals surface area contributed by atoms with Gasteiger partial charge in [-0.25, -0.2) is 12.8 Å². The molecule has 2 aromatic carbocycles. The van der Waals surface area contributed by atoms with E-state index >= 15 is 0 Å². The summed E-state index contributed by atoms with van der Waals surface area (Å²) < 4.78 is 35.8. The Labute approximate surface area is 152 Å². The van der Waals surface area contributed by atoms with Crippen LogP contribution in [0.4, 0.5) is 4.39 Å². The summed E-state index contributed by atoms with van der Waals surface area (Å²) >= 11 is 0. The number of amides is 1. The second kappa shape index (κ2) is 8.23. The fourth-order valence-corrected chi connectivity index (χ4v) is 3.04. The van der Waals surface area contributed by atoms with Crippen molar-refractivity contribution in [3.8, 4) is 0 Å². The Morgan fingerprint density at radius 1 is 1.00 bits per heavy atom. The van der Waals surface area contributed by atoms with E-state index in [2.05, 4.69) is 5.32 Å². The van der Waals surface area contributed by atoms with Crippen LogP contribution in [0.3, 0.4) is 0 Å². The van der Waals surface area contributed by atoms with E-state index in [-0.39, 0.29) is 35.5 Å². The molecule has 0 aliphatic rings. The normalized spacial score (nSPS) is 12.4. The molecule has 2 rings (SSSR count). The molecular formula is C19H20FNO4S. The number of carbonyl (C=O) groups is 2. The van der Waals surface area contributed by atoms with E-state index in [1.807, 2.05) is 0 Å². The van der Waals surface area contributed by atoms with Crippen molar-refractivity contribution in [2.45, 2.75) is 30.7 Å². The number of nitrogens with one attached hydrogen (secondary N) is 1. The predicted molar refractivity (Wildman–Crippen MR) is 96.1 cm³/mol. The SMILES string of the molecule is C[C@@H](NC(=O)CCC(=O)c1ccc(F)cc1)c1ccc(S(C)(=O)=O)cc1. The van der Waals surface area contributed by atoms with E-state index in [0.29, 0.717) is 5.56 Å². The second-order valence-electron chi connectivity index (χ2n) is 6.06. The minimum atomic E-state index is -3.26. The summed E-state index contributed by atoms with van der Waals surface area (Å²) in [7, 11) is -3.26. The first-order valence-corrected chi connectivity index (χ1v) is 9.94. The van der Waals surface area contributed by atoms with Gasteiger partial charge in [-0.3, -0.25) is 9.59 Å². The van der Waals surface area contributed by atoms with Gasteiger partial charge in [0.1, 0.15) is 5.82 Å². The van der Waals surface area contributed by atoms with Crippen molar-refractivity contribution in [1.82, 2.24) is 5.32 Å². The van der Waals surface area contributed by atoms with Gasteiger partial charge in [0.05, 0.1) is 10.9 Å². The first-order valence-electron chi connectivity index (χ1n) is 8.05. The van der Waals surface area contributed by atoms with Gasteiger partial charge in [-0.15, -0.1) is 0 Å². The van der Waals surface area contributed by atoms with Crippen LogP contribution in [0.2, 0.25) is 0 Å². The van der Waals surface area contributed by atoms with Gasteiger partial charge in [0.2, 0.25) is 5.91 Å². The number of hydrogen-bond acceptors (Lipinski definition) is 4. The van der Waals surface area contributed by atoms with E-state index in [0.717, 1.165) is 11.8 Å². The summed E-state index contributed by atoms with van der Waals surface area (Å²) in [4.78, 5) is 24.2. The Balaban J connectivity index is 1.88. The molecule has 0 spiro atoms. The van der Waals surface area contributed by atoms with Gasteiger partial charge in [-0.1, -0.05) is 12.1 Å². The lowest BCUT2D eigenvalue weighted by Crippen LogP contribution is -2.27. The van der Waals surface area contributed by atoms with Crippen molar-refractivity contribution in [3.05, 3.63) is 65.5 Å². The van der Waals surface area contributed by atoms with Gasteiger partial charge in [0.25, 0.3) is 0 Å². The highest BCUT2D eigenvalue weighted by atomic mass is 32.2. The summed E-state index contributed by atoms with van der Waals surface area (Å²) in [6.07, 6.45) is 1.17. The highest BCUT2D eigenvalue weighted by Gasteiger charge is 2.14. The molecule has 5 nitrogen and oxygen atoms in total. The van der Waals surface area contributed by atoms with Crippen molar-refractivity contribution in [2.75, 3.05) is 6.26 Å². The maximum Gasteiger partial charge on any atom is 0.220 e. The molecule has 1 amide bonds. The van der Waals surface area contributed by atoms with Gasteiger partial charge in [-0.05, 0) is 48.9 Å². The third-order valence-corrected chi connectivity index (χ3v) is 5.06. The van der Waals surface area contributed by atoms with E-state index in [1.54, 1.807) is 19.1 Å².